The molecule has 142 valence electrons. The highest BCUT2D eigenvalue weighted by molar-refractivity contribution is 5.85. The Bertz CT molecular complexity index is 561. The molecular weight excluding hydrogens is 364 g/mol. The number of amides is 1. The summed E-state index contributed by atoms with van der Waals surface area (Å²) in [5, 5.41) is 0. The molecule has 2 aliphatic heterocycles. The van der Waals surface area contributed by atoms with Crippen LogP contribution >= 0.6 is 24.8 Å². The molecule has 0 spiro atoms. The van der Waals surface area contributed by atoms with Gasteiger partial charge >= 0.3 is 0 Å². The van der Waals surface area contributed by atoms with E-state index in [0.717, 1.165) is 50.9 Å². The second kappa shape index (κ2) is 10.3. The minimum Gasteiger partial charge on any atom is -0.338 e. The van der Waals surface area contributed by atoms with E-state index in [1.165, 1.54) is 6.07 Å². The average Bonchev–Trinajstić information content (AvgIpc) is 3.03. The van der Waals surface area contributed by atoms with E-state index in [2.05, 4.69) is 4.90 Å². The normalized spacial score (nSPS) is 23.7. The third-order valence-electron chi connectivity index (χ3n) is 5.08. The molecule has 0 saturated carbocycles. The van der Waals surface area contributed by atoms with Gasteiger partial charge in [-0.15, -0.1) is 24.8 Å². The van der Waals surface area contributed by atoms with E-state index in [9.17, 15) is 9.18 Å². The molecule has 7 heteroatoms. The van der Waals surface area contributed by atoms with Gasteiger partial charge in [-0.05, 0) is 49.9 Å². The van der Waals surface area contributed by atoms with Crippen LogP contribution in [0.25, 0.3) is 0 Å². The molecule has 2 N–H and O–H groups in total. The number of halogens is 3. The SMILES string of the molecule is Cl.Cl.NCC1CCCN1C(=O)C1CCCN(Cc2cccc(F)c2)C1. The van der Waals surface area contributed by atoms with E-state index in [1.807, 2.05) is 11.0 Å². The van der Waals surface area contributed by atoms with Crippen LogP contribution in [0.4, 0.5) is 4.39 Å². The highest BCUT2D eigenvalue weighted by Crippen LogP contribution is 2.25. The van der Waals surface area contributed by atoms with Gasteiger partial charge in [-0.25, -0.2) is 4.39 Å². The predicted octanol–water partition coefficient (Wildman–Crippen LogP) is 2.83. The first kappa shape index (κ1) is 22.2. The van der Waals surface area contributed by atoms with Crippen molar-refractivity contribution in [1.82, 2.24) is 9.80 Å². The molecule has 0 aliphatic carbocycles. The van der Waals surface area contributed by atoms with Crippen LogP contribution in [0.1, 0.15) is 31.2 Å². The third-order valence-corrected chi connectivity index (χ3v) is 5.08. The summed E-state index contributed by atoms with van der Waals surface area (Å²) in [5.74, 6) is 0.126. The summed E-state index contributed by atoms with van der Waals surface area (Å²) >= 11 is 0. The Morgan fingerprint density at radius 3 is 2.68 bits per heavy atom. The van der Waals surface area contributed by atoms with E-state index in [-0.39, 0.29) is 48.5 Å². The minimum absolute atomic E-state index is 0. The minimum atomic E-state index is -0.199. The Kier molecular flexibility index (Phi) is 9.14. The lowest BCUT2D eigenvalue weighted by molar-refractivity contribution is -0.138. The molecule has 0 bridgehead atoms. The quantitative estimate of drug-likeness (QED) is 0.858. The van der Waals surface area contributed by atoms with Crippen LogP contribution in [0, 0.1) is 11.7 Å². The smallest absolute Gasteiger partial charge is 0.227 e. The van der Waals surface area contributed by atoms with Crippen molar-refractivity contribution in [3.05, 3.63) is 35.6 Å². The van der Waals surface area contributed by atoms with Gasteiger partial charge in [-0.1, -0.05) is 12.1 Å². The molecule has 4 nitrogen and oxygen atoms in total. The largest absolute Gasteiger partial charge is 0.338 e. The van der Waals surface area contributed by atoms with Crippen molar-refractivity contribution in [3.63, 3.8) is 0 Å². The number of hydrogen-bond acceptors (Lipinski definition) is 3. The van der Waals surface area contributed by atoms with E-state index in [0.29, 0.717) is 13.1 Å². The van der Waals surface area contributed by atoms with Crippen molar-refractivity contribution in [2.24, 2.45) is 11.7 Å². The maximum Gasteiger partial charge on any atom is 0.227 e. The number of likely N-dealkylation sites (tertiary alicyclic amines) is 2. The lowest BCUT2D eigenvalue weighted by atomic mass is 9.95. The van der Waals surface area contributed by atoms with Crippen molar-refractivity contribution in [2.75, 3.05) is 26.2 Å². The number of carbonyl (C=O) groups excluding carboxylic acids is 1. The Labute approximate surface area is 161 Å². The molecule has 3 rings (SSSR count). The molecule has 0 aromatic heterocycles. The number of rotatable bonds is 4. The molecular formula is C18H28Cl2FN3O. The standard InChI is InChI=1S/C18H26FN3O.2ClH/c19-16-6-1-4-14(10-16)12-21-8-2-5-15(13-21)18(23)22-9-3-7-17(22)11-20;;/h1,4,6,10,15,17H,2-3,5,7-9,11-13,20H2;2*1H. The number of nitrogens with two attached hydrogens (primary N) is 1. The van der Waals surface area contributed by atoms with Crippen LogP contribution in [0.15, 0.2) is 24.3 Å². The van der Waals surface area contributed by atoms with Gasteiger partial charge in [-0.3, -0.25) is 9.69 Å². The first-order valence-corrected chi connectivity index (χ1v) is 8.64. The molecule has 0 radical (unpaired) electrons. The molecule has 2 unspecified atom stereocenters. The summed E-state index contributed by atoms with van der Waals surface area (Å²) < 4.78 is 13.3. The maximum absolute atomic E-state index is 13.3. The van der Waals surface area contributed by atoms with Crippen molar-refractivity contribution in [1.29, 1.82) is 0 Å². The molecule has 2 atom stereocenters. The summed E-state index contributed by atoms with van der Waals surface area (Å²) in [6.07, 6.45) is 4.06. The molecule has 1 amide bonds. The van der Waals surface area contributed by atoms with E-state index >= 15 is 0 Å². The molecule has 1 aromatic rings. The Morgan fingerprint density at radius 2 is 1.96 bits per heavy atom. The molecule has 2 aliphatic rings. The summed E-state index contributed by atoms with van der Waals surface area (Å²) in [5.41, 5.74) is 6.77. The zero-order valence-corrected chi connectivity index (χ0v) is 16.0. The number of piperidine rings is 1. The molecule has 2 saturated heterocycles. The van der Waals surface area contributed by atoms with Gasteiger partial charge in [0.2, 0.25) is 5.91 Å². The van der Waals surface area contributed by atoms with Crippen molar-refractivity contribution < 1.29 is 9.18 Å². The Hall–Kier alpha value is -0.880. The van der Waals surface area contributed by atoms with Gasteiger partial charge in [0.15, 0.2) is 0 Å². The van der Waals surface area contributed by atoms with E-state index < -0.39 is 0 Å². The summed E-state index contributed by atoms with van der Waals surface area (Å²) in [4.78, 5) is 17.1. The molecule has 25 heavy (non-hydrogen) atoms. The third kappa shape index (κ3) is 5.55. The highest BCUT2D eigenvalue weighted by Gasteiger charge is 2.34. The Morgan fingerprint density at radius 1 is 1.20 bits per heavy atom. The molecule has 2 heterocycles. The fraction of sp³-hybridized carbons (Fsp3) is 0.611. The highest BCUT2D eigenvalue weighted by atomic mass is 35.5. The molecule has 2 fully saturated rings. The zero-order valence-electron chi connectivity index (χ0n) is 14.4. The van der Waals surface area contributed by atoms with Gasteiger partial charge in [0, 0.05) is 32.2 Å². The monoisotopic (exact) mass is 391 g/mol. The van der Waals surface area contributed by atoms with Crippen LogP contribution in [-0.4, -0.2) is 47.9 Å². The van der Waals surface area contributed by atoms with Crippen LogP contribution in [-0.2, 0) is 11.3 Å². The van der Waals surface area contributed by atoms with Gasteiger partial charge < -0.3 is 10.6 Å². The predicted molar refractivity (Wildman–Crippen MR) is 103 cm³/mol. The number of carbonyl (C=O) groups is 1. The van der Waals surface area contributed by atoms with Gasteiger partial charge in [0.05, 0.1) is 5.92 Å². The number of hydrogen-bond donors (Lipinski definition) is 1. The zero-order chi connectivity index (χ0) is 16.2. The number of nitrogens with zero attached hydrogens (tertiary/aromatic N) is 2. The summed E-state index contributed by atoms with van der Waals surface area (Å²) in [7, 11) is 0. The van der Waals surface area contributed by atoms with Gasteiger partial charge in [0.1, 0.15) is 5.82 Å². The molecule has 1 aromatic carbocycles. The van der Waals surface area contributed by atoms with Crippen LogP contribution in [0.5, 0.6) is 0 Å². The topological polar surface area (TPSA) is 49.6 Å². The fourth-order valence-electron chi connectivity index (χ4n) is 3.90. The summed E-state index contributed by atoms with van der Waals surface area (Å²) in [6.45, 7) is 3.86. The van der Waals surface area contributed by atoms with E-state index in [4.69, 9.17) is 5.73 Å². The van der Waals surface area contributed by atoms with Crippen molar-refractivity contribution >= 4 is 30.7 Å². The average molecular weight is 392 g/mol. The van der Waals surface area contributed by atoms with Crippen molar-refractivity contribution in [2.45, 2.75) is 38.3 Å². The van der Waals surface area contributed by atoms with Gasteiger partial charge in [-0.2, -0.15) is 0 Å². The van der Waals surface area contributed by atoms with Crippen molar-refractivity contribution in [3.8, 4) is 0 Å². The fourth-order valence-corrected chi connectivity index (χ4v) is 3.90. The van der Waals surface area contributed by atoms with Crippen LogP contribution in [0.3, 0.4) is 0 Å². The van der Waals surface area contributed by atoms with E-state index in [1.54, 1.807) is 12.1 Å². The Balaban J connectivity index is 0.00000156. The first-order chi connectivity index (χ1) is 11.2. The maximum atomic E-state index is 13.3. The van der Waals surface area contributed by atoms with Crippen LogP contribution in [0.2, 0.25) is 0 Å². The van der Waals surface area contributed by atoms with Crippen LogP contribution < -0.4 is 5.73 Å². The first-order valence-electron chi connectivity index (χ1n) is 8.64. The lowest BCUT2D eigenvalue weighted by Gasteiger charge is -2.35. The number of benzene rings is 1. The second-order valence-corrected chi connectivity index (χ2v) is 6.77. The summed E-state index contributed by atoms with van der Waals surface area (Å²) in [6, 6.07) is 6.95. The van der Waals surface area contributed by atoms with Gasteiger partial charge in [0.25, 0.3) is 0 Å². The second-order valence-electron chi connectivity index (χ2n) is 6.77. The lowest BCUT2D eigenvalue weighted by Crippen LogP contribution is -2.47.